The third-order valence-electron chi connectivity index (χ3n) is 1.77. The van der Waals surface area contributed by atoms with Gasteiger partial charge in [0.1, 0.15) is 0 Å². The van der Waals surface area contributed by atoms with Crippen LogP contribution in [-0.4, -0.2) is 29.1 Å². The maximum atomic E-state index is 5.42. The minimum atomic E-state index is 0.289. The molecule has 80 valence electrons. The molecular formula is C8H16N4OS. The molecule has 0 aliphatic carbocycles. The van der Waals surface area contributed by atoms with Gasteiger partial charge in [-0.05, 0) is 6.42 Å². The van der Waals surface area contributed by atoms with Crippen molar-refractivity contribution >= 4 is 22.6 Å². The van der Waals surface area contributed by atoms with Gasteiger partial charge < -0.3 is 15.8 Å². The second-order valence-electron chi connectivity index (χ2n) is 3.04. The first-order valence-electron chi connectivity index (χ1n) is 4.61. The van der Waals surface area contributed by atoms with E-state index in [0.29, 0.717) is 12.6 Å². The highest BCUT2D eigenvalue weighted by Gasteiger charge is 2.09. The third-order valence-corrected chi connectivity index (χ3v) is 2.43. The van der Waals surface area contributed by atoms with Gasteiger partial charge in [-0.1, -0.05) is 13.3 Å². The van der Waals surface area contributed by atoms with E-state index in [2.05, 4.69) is 21.6 Å². The summed E-state index contributed by atoms with van der Waals surface area (Å²) in [6, 6.07) is 0.289. The molecule has 1 atom stereocenters. The fraction of sp³-hybridized carbons (Fsp3) is 0.750. The number of hydrogen-bond donors (Lipinski definition) is 2. The number of ether oxygens (including phenoxy) is 1. The van der Waals surface area contributed by atoms with E-state index in [-0.39, 0.29) is 6.04 Å². The molecule has 1 unspecified atom stereocenters. The minimum Gasteiger partial charge on any atom is -0.383 e. The Bertz CT molecular complexity index is 260. The summed E-state index contributed by atoms with van der Waals surface area (Å²) in [5.74, 6) is 0.324. The first-order valence-corrected chi connectivity index (χ1v) is 5.38. The summed E-state index contributed by atoms with van der Waals surface area (Å²) in [7, 11) is 1.69. The molecule has 0 radical (unpaired) electrons. The van der Waals surface area contributed by atoms with Gasteiger partial charge in [0.15, 0.2) is 0 Å². The third kappa shape index (κ3) is 3.47. The summed E-state index contributed by atoms with van der Waals surface area (Å²) in [6.45, 7) is 2.81. The maximum Gasteiger partial charge on any atom is 0.233 e. The number of aromatic nitrogens is 2. The van der Waals surface area contributed by atoms with E-state index >= 15 is 0 Å². The predicted molar refractivity (Wildman–Crippen MR) is 58.5 cm³/mol. The standard InChI is InChI=1S/C8H16N4OS/c1-3-4-6(5-13-2)10-8-11-7(9)12-14-8/h6H,3-5H2,1-2H3,(H3,9,10,11,12). The molecule has 1 aromatic rings. The van der Waals surface area contributed by atoms with Crippen LogP contribution in [0.1, 0.15) is 19.8 Å². The molecule has 1 heterocycles. The van der Waals surface area contributed by atoms with Gasteiger partial charge in [-0.25, -0.2) is 0 Å². The second-order valence-corrected chi connectivity index (χ2v) is 3.79. The molecule has 0 aliphatic rings. The number of nitrogen functional groups attached to an aromatic ring is 1. The lowest BCUT2D eigenvalue weighted by molar-refractivity contribution is 0.182. The Hall–Kier alpha value is -0.880. The summed E-state index contributed by atoms with van der Waals surface area (Å²) in [5.41, 5.74) is 5.42. The van der Waals surface area contributed by atoms with Gasteiger partial charge in [-0.3, -0.25) is 0 Å². The van der Waals surface area contributed by atoms with Crippen molar-refractivity contribution < 1.29 is 4.74 Å². The Morgan fingerprint density at radius 2 is 2.43 bits per heavy atom. The van der Waals surface area contributed by atoms with Crippen molar-refractivity contribution in [1.29, 1.82) is 0 Å². The molecule has 14 heavy (non-hydrogen) atoms. The van der Waals surface area contributed by atoms with Crippen LogP contribution in [0.15, 0.2) is 0 Å². The molecule has 0 saturated heterocycles. The molecule has 0 amide bonds. The highest BCUT2D eigenvalue weighted by molar-refractivity contribution is 7.09. The number of anilines is 2. The Morgan fingerprint density at radius 3 is 2.93 bits per heavy atom. The molecule has 0 spiro atoms. The molecule has 3 N–H and O–H groups in total. The number of nitrogens with two attached hydrogens (primary N) is 1. The van der Waals surface area contributed by atoms with Crippen molar-refractivity contribution in [2.24, 2.45) is 0 Å². The molecule has 0 aliphatic heterocycles. The van der Waals surface area contributed by atoms with E-state index in [1.54, 1.807) is 7.11 Å². The normalized spacial score (nSPS) is 12.7. The monoisotopic (exact) mass is 216 g/mol. The zero-order valence-corrected chi connectivity index (χ0v) is 9.30. The molecule has 0 bridgehead atoms. The van der Waals surface area contributed by atoms with Crippen molar-refractivity contribution in [3.8, 4) is 0 Å². The zero-order chi connectivity index (χ0) is 10.4. The highest BCUT2D eigenvalue weighted by Crippen LogP contribution is 2.14. The van der Waals surface area contributed by atoms with Gasteiger partial charge in [-0.15, -0.1) is 0 Å². The smallest absolute Gasteiger partial charge is 0.233 e. The summed E-state index contributed by atoms with van der Waals surface area (Å²) in [5, 5.41) is 4.00. The largest absolute Gasteiger partial charge is 0.383 e. The van der Waals surface area contributed by atoms with Crippen molar-refractivity contribution in [2.75, 3.05) is 24.8 Å². The Morgan fingerprint density at radius 1 is 1.64 bits per heavy atom. The van der Waals surface area contributed by atoms with Gasteiger partial charge in [0.25, 0.3) is 0 Å². The van der Waals surface area contributed by atoms with Crippen LogP contribution in [0.2, 0.25) is 0 Å². The fourth-order valence-electron chi connectivity index (χ4n) is 1.21. The zero-order valence-electron chi connectivity index (χ0n) is 8.49. The second kappa shape index (κ2) is 5.77. The van der Waals surface area contributed by atoms with Crippen LogP contribution in [0.4, 0.5) is 11.1 Å². The summed E-state index contributed by atoms with van der Waals surface area (Å²) in [6.07, 6.45) is 2.16. The van der Waals surface area contributed by atoms with Gasteiger partial charge in [0.2, 0.25) is 11.1 Å². The number of nitrogens with zero attached hydrogens (tertiary/aromatic N) is 2. The number of hydrogen-bond acceptors (Lipinski definition) is 6. The SMILES string of the molecule is CCCC(COC)Nc1nc(N)ns1. The quantitative estimate of drug-likeness (QED) is 0.751. The van der Waals surface area contributed by atoms with Crippen molar-refractivity contribution in [3.63, 3.8) is 0 Å². The lowest BCUT2D eigenvalue weighted by Gasteiger charge is -2.15. The summed E-state index contributed by atoms with van der Waals surface area (Å²) in [4.78, 5) is 4.03. The molecule has 0 fully saturated rings. The molecular weight excluding hydrogens is 200 g/mol. The van der Waals surface area contributed by atoms with Crippen LogP contribution in [0.5, 0.6) is 0 Å². The Labute approximate surface area is 87.8 Å². The number of rotatable bonds is 6. The van der Waals surface area contributed by atoms with Crippen LogP contribution in [0.3, 0.4) is 0 Å². The summed E-state index contributed by atoms with van der Waals surface area (Å²) >= 11 is 1.28. The van der Waals surface area contributed by atoms with E-state index in [9.17, 15) is 0 Å². The summed E-state index contributed by atoms with van der Waals surface area (Å²) < 4.78 is 8.99. The lowest BCUT2D eigenvalue weighted by Crippen LogP contribution is -2.24. The van der Waals surface area contributed by atoms with Crippen LogP contribution in [0, 0.1) is 0 Å². The first-order chi connectivity index (χ1) is 6.76. The molecule has 5 nitrogen and oxygen atoms in total. The first kappa shape index (κ1) is 11.2. The van der Waals surface area contributed by atoms with Gasteiger partial charge in [0, 0.05) is 18.6 Å². The fourth-order valence-corrected chi connectivity index (χ4v) is 1.79. The lowest BCUT2D eigenvalue weighted by atomic mass is 10.2. The van der Waals surface area contributed by atoms with Gasteiger partial charge in [-0.2, -0.15) is 9.36 Å². The van der Waals surface area contributed by atoms with Crippen molar-refractivity contribution in [3.05, 3.63) is 0 Å². The molecule has 1 aromatic heterocycles. The van der Waals surface area contributed by atoms with Crippen LogP contribution in [0.25, 0.3) is 0 Å². The predicted octanol–water partition coefficient (Wildman–Crippen LogP) is 1.35. The van der Waals surface area contributed by atoms with Crippen LogP contribution >= 0.6 is 11.5 Å². The van der Waals surface area contributed by atoms with Crippen LogP contribution < -0.4 is 11.1 Å². The maximum absolute atomic E-state index is 5.42. The molecule has 0 aromatic carbocycles. The van der Waals surface area contributed by atoms with Crippen molar-refractivity contribution in [2.45, 2.75) is 25.8 Å². The number of methoxy groups -OCH3 is 1. The van der Waals surface area contributed by atoms with E-state index in [4.69, 9.17) is 10.5 Å². The average Bonchev–Trinajstić information content (AvgIpc) is 2.52. The van der Waals surface area contributed by atoms with E-state index in [1.165, 1.54) is 11.5 Å². The van der Waals surface area contributed by atoms with Crippen molar-refractivity contribution in [1.82, 2.24) is 9.36 Å². The Kier molecular flexibility index (Phi) is 4.61. The molecule has 0 saturated carbocycles. The van der Waals surface area contributed by atoms with Gasteiger partial charge in [0.05, 0.1) is 12.6 Å². The topological polar surface area (TPSA) is 73.1 Å². The van der Waals surface area contributed by atoms with E-state index in [0.717, 1.165) is 18.0 Å². The highest BCUT2D eigenvalue weighted by atomic mass is 32.1. The Balaban J connectivity index is 2.46. The molecule has 1 rings (SSSR count). The van der Waals surface area contributed by atoms with Gasteiger partial charge >= 0.3 is 0 Å². The molecule has 6 heteroatoms. The van der Waals surface area contributed by atoms with E-state index < -0.39 is 0 Å². The average molecular weight is 216 g/mol. The van der Waals surface area contributed by atoms with E-state index in [1.807, 2.05) is 0 Å². The minimum absolute atomic E-state index is 0.289. The number of nitrogens with one attached hydrogen (secondary N) is 1. The van der Waals surface area contributed by atoms with Crippen LogP contribution in [-0.2, 0) is 4.74 Å².